The van der Waals surface area contributed by atoms with Gasteiger partial charge in [0, 0.05) is 50.4 Å². The number of hydrogen-bond acceptors (Lipinski definition) is 2. The fourth-order valence-electron chi connectivity index (χ4n) is 13.3. The normalized spacial score (nSPS) is 14.7. The van der Waals surface area contributed by atoms with Crippen LogP contribution in [-0.2, 0) is 16.2 Å². The van der Waals surface area contributed by atoms with Gasteiger partial charge in [0.15, 0.2) is 0 Å². The van der Waals surface area contributed by atoms with Gasteiger partial charge in [-0.3, -0.25) is 0 Å². The second-order valence-electron chi connectivity index (χ2n) is 24.2. The highest BCUT2D eigenvalue weighted by Gasteiger charge is 2.39. The van der Waals surface area contributed by atoms with E-state index in [4.69, 9.17) is 0 Å². The maximum absolute atomic E-state index is 2.43. The number of aryl methyl sites for hydroxylation is 4. The number of anilines is 6. The molecule has 0 heterocycles. The zero-order valence-electron chi connectivity index (χ0n) is 47.3. The lowest BCUT2D eigenvalue weighted by molar-refractivity contribution is 0.660. The minimum Gasteiger partial charge on any atom is -0.310 e. The third-order valence-corrected chi connectivity index (χ3v) is 17.6. The Morgan fingerprint density at radius 3 is 0.696 bits per heavy atom. The van der Waals surface area contributed by atoms with Crippen molar-refractivity contribution >= 4 is 58.4 Å². The van der Waals surface area contributed by atoms with Gasteiger partial charge in [0.05, 0.1) is 0 Å². The highest BCUT2D eigenvalue weighted by atomic mass is 15.1. The molecule has 386 valence electrons. The van der Waals surface area contributed by atoms with Crippen molar-refractivity contribution in [2.24, 2.45) is 0 Å². The topological polar surface area (TPSA) is 6.48 Å². The predicted octanol–water partition coefficient (Wildman–Crippen LogP) is 21.1. The standard InChI is InChI=1S/C77H68N2/c1-49-15-11-19-57(39-49)78(58-20-12-16-50(2)40-58)61-31-37-67-65-35-29-55(45-71(65)76(7,8)73(67)47-61)25-23-53-27-33-63-64-34-28-54(44-70(64)75(5,6)69(63)43-53)24-26-56-30-36-66-68-38-32-62(48-74(68)77(9,10)72(66)46-56)79(59-21-13-17-51(3)41-59)60-22-14-18-52(4)42-60/h11-48H,1-10H3/b25-23+,26-24+. The number of fused-ring (bicyclic) bond motifs is 9. The van der Waals surface area contributed by atoms with Crippen LogP contribution < -0.4 is 9.80 Å². The van der Waals surface area contributed by atoms with Crippen molar-refractivity contribution in [3.8, 4) is 33.4 Å². The van der Waals surface area contributed by atoms with Crippen LogP contribution in [0.2, 0.25) is 0 Å². The molecule has 3 aliphatic carbocycles. The van der Waals surface area contributed by atoms with Gasteiger partial charge in [0.25, 0.3) is 0 Å². The van der Waals surface area contributed by atoms with E-state index >= 15 is 0 Å². The summed E-state index contributed by atoms with van der Waals surface area (Å²) in [5.41, 5.74) is 32.5. The minimum atomic E-state index is -0.170. The molecule has 0 unspecified atom stereocenters. The molecule has 0 bridgehead atoms. The fourth-order valence-corrected chi connectivity index (χ4v) is 13.3. The van der Waals surface area contributed by atoms with Gasteiger partial charge in [0.1, 0.15) is 0 Å². The van der Waals surface area contributed by atoms with Crippen LogP contribution in [0, 0.1) is 27.7 Å². The summed E-state index contributed by atoms with van der Waals surface area (Å²) >= 11 is 0. The largest absolute Gasteiger partial charge is 0.310 e. The van der Waals surface area contributed by atoms with Gasteiger partial charge in [-0.05, 0) is 212 Å². The number of nitrogens with zero attached hydrogens (tertiary/aromatic N) is 2. The number of benzene rings is 10. The first kappa shape index (κ1) is 49.8. The van der Waals surface area contributed by atoms with E-state index < -0.39 is 0 Å². The van der Waals surface area contributed by atoms with E-state index in [0.717, 1.165) is 0 Å². The third kappa shape index (κ3) is 8.57. The van der Waals surface area contributed by atoms with Crippen LogP contribution in [0.4, 0.5) is 34.1 Å². The molecule has 2 heteroatoms. The Bertz CT molecular complexity index is 3820. The molecule has 3 aliphatic rings. The van der Waals surface area contributed by atoms with Crippen molar-refractivity contribution < 1.29 is 0 Å². The molecule has 2 nitrogen and oxygen atoms in total. The van der Waals surface area contributed by atoms with Crippen LogP contribution in [0.1, 0.15) is 119 Å². The van der Waals surface area contributed by atoms with Gasteiger partial charge >= 0.3 is 0 Å². The van der Waals surface area contributed by atoms with Crippen molar-refractivity contribution in [2.75, 3.05) is 9.80 Å². The molecule has 10 aromatic carbocycles. The van der Waals surface area contributed by atoms with E-state index in [0.29, 0.717) is 0 Å². The molecule has 79 heavy (non-hydrogen) atoms. The molecule has 0 saturated heterocycles. The van der Waals surface area contributed by atoms with Gasteiger partial charge in [-0.2, -0.15) is 0 Å². The molecular weight excluding hydrogens is 953 g/mol. The van der Waals surface area contributed by atoms with Crippen LogP contribution in [-0.4, -0.2) is 0 Å². The molecule has 10 aromatic rings. The molecule has 0 amide bonds. The summed E-state index contributed by atoms with van der Waals surface area (Å²) < 4.78 is 0. The molecule has 0 aliphatic heterocycles. The summed E-state index contributed by atoms with van der Waals surface area (Å²) in [6.45, 7) is 23.0. The maximum Gasteiger partial charge on any atom is 0.0465 e. The Hall–Kier alpha value is -8.72. The number of rotatable bonds is 10. The molecular formula is C77H68N2. The summed E-state index contributed by atoms with van der Waals surface area (Å²) in [4.78, 5) is 4.80. The van der Waals surface area contributed by atoms with Crippen LogP contribution >= 0.6 is 0 Å². The Morgan fingerprint density at radius 2 is 0.456 bits per heavy atom. The molecule has 0 aromatic heterocycles. The van der Waals surface area contributed by atoms with Crippen LogP contribution in [0.3, 0.4) is 0 Å². The van der Waals surface area contributed by atoms with E-state index in [9.17, 15) is 0 Å². The molecule has 0 atom stereocenters. The van der Waals surface area contributed by atoms with Crippen molar-refractivity contribution in [1.82, 2.24) is 0 Å². The highest BCUT2D eigenvalue weighted by Crippen LogP contribution is 2.54. The Kier molecular flexibility index (Phi) is 11.8. The van der Waals surface area contributed by atoms with E-state index in [1.54, 1.807) is 0 Å². The van der Waals surface area contributed by atoms with E-state index in [1.807, 2.05) is 0 Å². The predicted molar refractivity (Wildman–Crippen MR) is 338 cm³/mol. The first-order valence-electron chi connectivity index (χ1n) is 28.1. The lowest BCUT2D eigenvalue weighted by Gasteiger charge is -2.28. The molecule has 13 rings (SSSR count). The molecule has 0 radical (unpaired) electrons. The van der Waals surface area contributed by atoms with Gasteiger partial charge in [0.2, 0.25) is 0 Å². The van der Waals surface area contributed by atoms with Crippen molar-refractivity contribution in [1.29, 1.82) is 0 Å². The average Bonchev–Trinajstić information content (AvgIpc) is 4.00. The summed E-state index contributed by atoms with van der Waals surface area (Å²) in [5.74, 6) is 0. The quantitative estimate of drug-likeness (QED) is 0.126. The lowest BCUT2D eigenvalue weighted by atomic mass is 9.81. The monoisotopic (exact) mass is 1020 g/mol. The lowest BCUT2D eigenvalue weighted by Crippen LogP contribution is -2.16. The zero-order chi connectivity index (χ0) is 54.5. The first-order valence-corrected chi connectivity index (χ1v) is 28.1. The second-order valence-corrected chi connectivity index (χ2v) is 24.2. The Labute approximate surface area is 468 Å². The molecule has 0 fully saturated rings. The molecule has 0 N–H and O–H groups in total. The van der Waals surface area contributed by atoms with Crippen LogP contribution in [0.25, 0.3) is 57.7 Å². The van der Waals surface area contributed by atoms with Crippen LogP contribution in [0.5, 0.6) is 0 Å². The summed E-state index contributed by atoms with van der Waals surface area (Å²) in [7, 11) is 0. The van der Waals surface area contributed by atoms with Crippen molar-refractivity contribution in [2.45, 2.75) is 85.5 Å². The van der Waals surface area contributed by atoms with Gasteiger partial charge in [-0.15, -0.1) is 0 Å². The van der Waals surface area contributed by atoms with Crippen molar-refractivity contribution in [3.63, 3.8) is 0 Å². The third-order valence-electron chi connectivity index (χ3n) is 17.6. The molecule has 0 spiro atoms. The summed E-state index contributed by atoms with van der Waals surface area (Å²) in [6, 6.07) is 77.6. The summed E-state index contributed by atoms with van der Waals surface area (Å²) in [6.07, 6.45) is 9.19. The van der Waals surface area contributed by atoms with Crippen LogP contribution in [0.15, 0.2) is 206 Å². The average molecular weight is 1020 g/mol. The fraction of sp³-hybridized carbons (Fsp3) is 0.169. The SMILES string of the molecule is Cc1cccc(N(c2cccc(C)c2)c2ccc3c(c2)C(C)(C)c2cc(/C=C/c4ccc5c(c4)C(C)(C)c4cc(/C=C/c6ccc7c(c6)C(C)(C)c6cc(N(c8cccc(C)c8)c8cccc(C)c8)ccc6-7)ccc4-5)ccc2-3)c1. The van der Waals surface area contributed by atoms with Gasteiger partial charge < -0.3 is 9.80 Å². The van der Waals surface area contributed by atoms with Gasteiger partial charge in [-0.1, -0.05) is 199 Å². The van der Waals surface area contributed by atoms with Crippen molar-refractivity contribution in [3.05, 3.63) is 284 Å². The summed E-state index contributed by atoms with van der Waals surface area (Å²) in [5, 5.41) is 0. The number of hydrogen-bond donors (Lipinski definition) is 0. The highest BCUT2D eigenvalue weighted by molar-refractivity contribution is 5.90. The smallest absolute Gasteiger partial charge is 0.0465 e. The van der Waals surface area contributed by atoms with E-state index in [1.165, 1.54) is 145 Å². The maximum atomic E-state index is 2.43. The second kappa shape index (κ2) is 18.7. The Balaban J connectivity index is 0.733. The van der Waals surface area contributed by atoms with Gasteiger partial charge in [-0.25, -0.2) is 0 Å². The first-order chi connectivity index (χ1) is 38.0. The molecule has 0 saturated carbocycles. The minimum absolute atomic E-state index is 0.147. The van der Waals surface area contributed by atoms with E-state index in [-0.39, 0.29) is 16.2 Å². The Morgan fingerprint density at radius 1 is 0.241 bits per heavy atom. The zero-order valence-corrected chi connectivity index (χ0v) is 47.3. The van der Waals surface area contributed by atoms with E-state index in [2.05, 4.69) is 310 Å².